The summed E-state index contributed by atoms with van der Waals surface area (Å²) >= 11 is 3.36. The summed E-state index contributed by atoms with van der Waals surface area (Å²) < 4.78 is 1.03. The second-order valence-corrected chi connectivity index (χ2v) is 6.97. The van der Waals surface area contributed by atoms with Gasteiger partial charge < -0.3 is 4.90 Å². The minimum absolute atomic E-state index is 0.735. The molecule has 0 radical (unpaired) electrons. The van der Waals surface area contributed by atoms with E-state index in [1.807, 2.05) is 19.0 Å². The van der Waals surface area contributed by atoms with Crippen molar-refractivity contribution in [2.75, 3.05) is 19.8 Å². The van der Waals surface area contributed by atoms with E-state index in [2.05, 4.69) is 22.1 Å². The fourth-order valence-electron chi connectivity index (χ4n) is 1.52. The Morgan fingerprint density at radius 1 is 1.16 bits per heavy atom. The number of hydrogen-bond acceptors (Lipinski definition) is 5. The summed E-state index contributed by atoms with van der Waals surface area (Å²) in [5.74, 6) is 1.14. The molecule has 0 aliphatic carbocycles. The quantitative estimate of drug-likeness (QED) is 0.281. The second-order valence-electron chi connectivity index (χ2n) is 4.67. The minimum Gasteiger partial charge on any atom is -0.369 e. The molecule has 1 rings (SSSR count). The molecular weight excluding hydrogens is 276 g/mol. The molecule has 0 unspecified atom stereocenters. The summed E-state index contributed by atoms with van der Waals surface area (Å²) in [5.41, 5.74) is 0. The number of aromatic nitrogens is 2. The van der Waals surface area contributed by atoms with Gasteiger partial charge in [-0.2, -0.15) is 0 Å². The van der Waals surface area contributed by atoms with Crippen LogP contribution in [-0.4, -0.2) is 41.3 Å². The monoisotopic (exact) mass is 300 g/mol. The van der Waals surface area contributed by atoms with E-state index in [0.717, 1.165) is 15.2 Å². The highest BCUT2D eigenvalue weighted by atomic mass is 32.2. The van der Waals surface area contributed by atoms with Gasteiger partial charge in [0.1, 0.15) is 0 Å². The Kier molecular flexibility index (Phi) is 8.82. The fourth-order valence-corrected chi connectivity index (χ4v) is 3.27. The highest BCUT2D eigenvalue weighted by Gasteiger charge is 2.02. The lowest BCUT2D eigenvalue weighted by Gasteiger charge is -1.99. The van der Waals surface area contributed by atoms with Crippen molar-refractivity contribution >= 4 is 34.6 Å². The molecule has 0 saturated carbocycles. The number of thioether (sulfide) groups is 1. The van der Waals surface area contributed by atoms with Gasteiger partial charge in [0.25, 0.3) is 0 Å². The Balaban J connectivity index is 2.13. The Hall–Kier alpha value is -0.620. The van der Waals surface area contributed by atoms with Gasteiger partial charge in [-0.05, 0) is 6.42 Å². The molecule has 0 aliphatic heterocycles. The van der Waals surface area contributed by atoms with Crippen LogP contribution >= 0.6 is 23.1 Å². The van der Waals surface area contributed by atoms with Gasteiger partial charge in [-0.25, -0.2) is 4.99 Å². The highest BCUT2D eigenvalue weighted by Crippen LogP contribution is 2.27. The van der Waals surface area contributed by atoms with Crippen LogP contribution in [0.3, 0.4) is 0 Å². The van der Waals surface area contributed by atoms with Gasteiger partial charge >= 0.3 is 0 Å². The van der Waals surface area contributed by atoms with Crippen molar-refractivity contribution in [2.45, 2.75) is 49.8 Å². The lowest BCUT2D eigenvalue weighted by atomic mass is 10.1. The Bertz CT molecular complexity index is 363. The first kappa shape index (κ1) is 16.4. The van der Waals surface area contributed by atoms with Crippen molar-refractivity contribution in [1.82, 2.24) is 15.1 Å². The number of hydrogen-bond donors (Lipinski definition) is 0. The van der Waals surface area contributed by atoms with Gasteiger partial charge in [0.05, 0.1) is 6.34 Å². The van der Waals surface area contributed by atoms with E-state index in [1.165, 1.54) is 38.5 Å². The first-order chi connectivity index (χ1) is 9.22. The summed E-state index contributed by atoms with van der Waals surface area (Å²) in [7, 11) is 3.89. The zero-order valence-electron chi connectivity index (χ0n) is 12.1. The van der Waals surface area contributed by atoms with Crippen molar-refractivity contribution in [1.29, 1.82) is 0 Å². The van der Waals surface area contributed by atoms with Crippen LogP contribution in [0, 0.1) is 0 Å². The highest BCUT2D eigenvalue weighted by molar-refractivity contribution is 8.01. The first-order valence-corrected chi connectivity index (χ1v) is 8.69. The lowest BCUT2D eigenvalue weighted by molar-refractivity contribution is 0.627. The normalized spacial score (nSPS) is 11.3. The van der Waals surface area contributed by atoms with Crippen molar-refractivity contribution < 1.29 is 0 Å². The van der Waals surface area contributed by atoms with Crippen LogP contribution in [-0.2, 0) is 0 Å². The van der Waals surface area contributed by atoms with E-state index in [1.54, 1.807) is 29.4 Å². The summed E-state index contributed by atoms with van der Waals surface area (Å²) in [5, 5.41) is 8.93. The third-order valence-electron chi connectivity index (χ3n) is 2.52. The van der Waals surface area contributed by atoms with Crippen LogP contribution in [0.15, 0.2) is 9.33 Å². The van der Waals surface area contributed by atoms with Gasteiger partial charge in [-0.3, -0.25) is 0 Å². The maximum Gasteiger partial charge on any atom is 0.233 e. The number of aliphatic imine (C=N–C) groups is 1. The zero-order valence-corrected chi connectivity index (χ0v) is 13.8. The number of nitrogens with zero attached hydrogens (tertiary/aromatic N) is 4. The van der Waals surface area contributed by atoms with Crippen LogP contribution in [0.4, 0.5) is 5.13 Å². The molecule has 1 heterocycles. The SMILES string of the molecule is CCCCCCCCSc1nnc(N=CN(C)C)s1. The van der Waals surface area contributed by atoms with E-state index in [4.69, 9.17) is 0 Å². The Morgan fingerprint density at radius 3 is 2.63 bits per heavy atom. The summed E-state index contributed by atoms with van der Waals surface area (Å²) in [4.78, 5) is 6.13. The minimum atomic E-state index is 0.735. The largest absolute Gasteiger partial charge is 0.369 e. The number of rotatable bonds is 10. The van der Waals surface area contributed by atoms with Crippen molar-refractivity contribution in [3.05, 3.63) is 0 Å². The second kappa shape index (κ2) is 10.2. The molecule has 1 aromatic rings. The average Bonchev–Trinajstić information content (AvgIpc) is 2.83. The van der Waals surface area contributed by atoms with Crippen LogP contribution < -0.4 is 0 Å². The smallest absolute Gasteiger partial charge is 0.233 e. The average molecular weight is 300 g/mol. The summed E-state index contributed by atoms with van der Waals surface area (Å²) in [6, 6.07) is 0. The molecular formula is C13H24N4S2. The Labute approximate surface area is 124 Å². The van der Waals surface area contributed by atoms with Gasteiger partial charge in [0.2, 0.25) is 5.13 Å². The molecule has 108 valence electrons. The molecule has 0 aromatic carbocycles. The standard InChI is InChI=1S/C13H24N4S2/c1-4-5-6-7-8-9-10-18-13-16-15-12(19-13)14-11-17(2)3/h11H,4-10H2,1-3H3. The lowest BCUT2D eigenvalue weighted by Crippen LogP contribution is -2.06. The maximum atomic E-state index is 4.24. The Morgan fingerprint density at radius 2 is 1.89 bits per heavy atom. The van der Waals surface area contributed by atoms with Crippen LogP contribution in [0.25, 0.3) is 0 Å². The topological polar surface area (TPSA) is 41.4 Å². The van der Waals surface area contributed by atoms with Crippen LogP contribution in [0.2, 0.25) is 0 Å². The molecule has 0 spiro atoms. The predicted molar refractivity (Wildman–Crippen MR) is 85.8 cm³/mol. The van der Waals surface area contributed by atoms with E-state index in [0.29, 0.717) is 0 Å². The molecule has 0 N–H and O–H groups in total. The van der Waals surface area contributed by atoms with E-state index < -0.39 is 0 Å². The molecule has 4 nitrogen and oxygen atoms in total. The van der Waals surface area contributed by atoms with Crippen molar-refractivity contribution in [3.8, 4) is 0 Å². The third kappa shape index (κ3) is 8.21. The van der Waals surface area contributed by atoms with Crippen LogP contribution in [0.5, 0.6) is 0 Å². The molecule has 0 aliphatic rings. The van der Waals surface area contributed by atoms with E-state index in [9.17, 15) is 0 Å². The van der Waals surface area contributed by atoms with E-state index >= 15 is 0 Å². The van der Waals surface area contributed by atoms with Gasteiger partial charge in [0.15, 0.2) is 4.34 Å². The van der Waals surface area contributed by atoms with Gasteiger partial charge in [0, 0.05) is 19.8 Å². The molecule has 19 heavy (non-hydrogen) atoms. The van der Waals surface area contributed by atoms with Gasteiger partial charge in [-0.1, -0.05) is 62.1 Å². The zero-order chi connectivity index (χ0) is 13.9. The van der Waals surface area contributed by atoms with E-state index in [-0.39, 0.29) is 0 Å². The summed E-state index contributed by atoms with van der Waals surface area (Å²) in [6.07, 6.45) is 9.78. The molecule has 6 heteroatoms. The molecule has 0 atom stereocenters. The molecule has 0 bridgehead atoms. The first-order valence-electron chi connectivity index (χ1n) is 6.89. The third-order valence-corrected chi connectivity index (χ3v) is 4.57. The van der Waals surface area contributed by atoms with Crippen LogP contribution in [0.1, 0.15) is 45.4 Å². The maximum absolute atomic E-state index is 4.24. The predicted octanol–water partition coefficient (Wildman–Crippen LogP) is 4.21. The molecule has 0 fully saturated rings. The number of unbranched alkanes of at least 4 members (excludes halogenated alkanes) is 5. The van der Waals surface area contributed by atoms with Crippen molar-refractivity contribution in [2.24, 2.45) is 4.99 Å². The van der Waals surface area contributed by atoms with Gasteiger partial charge in [-0.15, -0.1) is 10.2 Å². The molecule has 1 aromatic heterocycles. The summed E-state index contributed by atoms with van der Waals surface area (Å²) in [6.45, 7) is 2.25. The molecule has 0 saturated heterocycles. The van der Waals surface area contributed by atoms with Crippen molar-refractivity contribution in [3.63, 3.8) is 0 Å². The fraction of sp³-hybridized carbons (Fsp3) is 0.769. The molecule has 0 amide bonds.